The number of carbonyl (C=O) groups excluding carboxylic acids is 1. The molecule has 0 heterocycles. The lowest BCUT2D eigenvalue weighted by Gasteiger charge is -2.26. The summed E-state index contributed by atoms with van der Waals surface area (Å²) in [4.78, 5) is 11.0. The van der Waals surface area contributed by atoms with E-state index in [1.54, 1.807) is 6.92 Å². The number of ether oxygens (including phenoxy) is 1. The van der Waals surface area contributed by atoms with E-state index in [1.807, 2.05) is 0 Å². The molecule has 0 aliphatic carbocycles. The summed E-state index contributed by atoms with van der Waals surface area (Å²) in [6.45, 7) is 2.33. The fourth-order valence-corrected chi connectivity index (χ4v) is 2.75. The Hall–Kier alpha value is -0.700. The van der Waals surface area contributed by atoms with Crippen LogP contribution in [-0.4, -0.2) is 68.5 Å². The van der Waals surface area contributed by atoms with Crippen molar-refractivity contribution < 1.29 is 23.1 Å². The van der Waals surface area contributed by atoms with Crippen molar-refractivity contribution >= 4 is 16.2 Å². The lowest BCUT2D eigenvalue weighted by Crippen LogP contribution is -2.43. The average molecular weight is 282 g/mol. The Morgan fingerprint density at radius 1 is 1.33 bits per heavy atom. The zero-order chi connectivity index (χ0) is 14.2. The van der Waals surface area contributed by atoms with Crippen molar-refractivity contribution in [2.24, 2.45) is 0 Å². The number of hydrogen-bond donors (Lipinski definition) is 1. The lowest BCUT2D eigenvalue weighted by molar-refractivity contribution is -0.140. The van der Waals surface area contributed by atoms with E-state index >= 15 is 0 Å². The summed E-state index contributed by atoms with van der Waals surface area (Å²) in [5.41, 5.74) is 0. The molecule has 0 spiro atoms. The second kappa shape index (κ2) is 8.41. The maximum absolute atomic E-state index is 12.1. The molecule has 8 heteroatoms. The third-order valence-electron chi connectivity index (χ3n) is 2.50. The molecule has 0 amide bonds. The van der Waals surface area contributed by atoms with Crippen molar-refractivity contribution in [1.29, 1.82) is 0 Å². The van der Waals surface area contributed by atoms with Crippen molar-refractivity contribution in [3.05, 3.63) is 0 Å². The van der Waals surface area contributed by atoms with Crippen LogP contribution in [0.5, 0.6) is 0 Å². The molecule has 0 saturated carbocycles. The highest BCUT2D eigenvalue weighted by Gasteiger charge is 2.25. The zero-order valence-corrected chi connectivity index (χ0v) is 11.9. The molecule has 0 aromatic heterocycles. The van der Waals surface area contributed by atoms with E-state index in [0.717, 1.165) is 4.31 Å². The van der Waals surface area contributed by atoms with Gasteiger partial charge in [0.1, 0.15) is 0 Å². The summed E-state index contributed by atoms with van der Waals surface area (Å²) >= 11 is 0. The number of carbonyl (C=O) groups is 1. The van der Waals surface area contributed by atoms with Gasteiger partial charge in [0.15, 0.2) is 0 Å². The molecular weight excluding hydrogens is 260 g/mol. The molecule has 0 aliphatic rings. The normalized spacial score (nSPS) is 12.1. The Bertz CT molecular complexity index is 344. The molecule has 0 fully saturated rings. The highest BCUT2D eigenvalue weighted by atomic mass is 32.2. The second-order valence-electron chi connectivity index (χ2n) is 3.72. The smallest absolute Gasteiger partial charge is 0.306 e. The number of rotatable bonds is 9. The maximum atomic E-state index is 12.1. The van der Waals surface area contributed by atoms with Gasteiger partial charge in [-0.15, -0.1) is 0 Å². The number of esters is 1. The third kappa shape index (κ3) is 5.30. The molecule has 7 nitrogen and oxygen atoms in total. The highest BCUT2D eigenvalue weighted by molar-refractivity contribution is 7.86. The van der Waals surface area contributed by atoms with Crippen LogP contribution in [-0.2, 0) is 19.7 Å². The van der Waals surface area contributed by atoms with Crippen LogP contribution in [0.15, 0.2) is 0 Å². The molecule has 0 saturated heterocycles. The number of methoxy groups -OCH3 is 1. The Labute approximate surface area is 109 Å². The summed E-state index contributed by atoms with van der Waals surface area (Å²) < 4.78 is 31.0. The van der Waals surface area contributed by atoms with Crippen LogP contribution in [0.3, 0.4) is 0 Å². The molecule has 108 valence electrons. The van der Waals surface area contributed by atoms with Crippen LogP contribution in [0.2, 0.25) is 0 Å². The van der Waals surface area contributed by atoms with E-state index in [9.17, 15) is 13.2 Å². The SMILES string of the molecule is CCN(CCCO)S(=O)(=O)N(C)CCC(=O)OC. The van der Waals surface area contributed by atoms with E-state index in [0.29, 0.717) is 13.0 Å². The average Bonchev–Trinajstić information content (AvgIpc) is 2.35. The van der Waals surface area contributed by atoms with Crippen LogP contribution >= 0.6 is 0 Å². The van der Waals surface area contributed by atoms with Crippen LogP contribution in [0.4, 0.5) is 0 Å². The van der Waals surface area contributed by atoms with Crippen molar-refractivity contribution in [2.45, 2.75) is 19.8 Å². The Morgan fingerprint density at radius 3 is 2.39 bits per heavy atom. The van der Waals surface area contributed by atoms with Crippen molar-refractivity contribution in [1.82, 2.24) is 8.61 Å². The molecule has 0 unspecified atom stereocenters. The first-order valence-corrected chi connectivity index (χ1v) is 7.18. The first-order chi connectivity index (χ1) is 8.39. The van der Waals surface area contributed by atoms with Gasteiger partial charge in [0.05, 0.1) is 13.5 Å². The van der Waals surface area contributed by atoms with Crippen LogP contribution < -0.4 is 0 Å². The predicted octanol–water partition coefficient (Wildman–Crippen LogP) is -0.570. The van der Waals surface area contributed by atoms with Crippen LogP contribution in [0, 0.1) is 0 Å². The molecule has 18 heavy (non-hydrogen) atoms. The van der Waals surface area contributed by atoms with Gasteiger partial charge in [-0.05, 0) is 6.42 Å². The minimum absolute atomic E-state index is 0.0176. The minimum atomic E-state index is -3.58. The molecule has 0 rings (SSSR count). The van der Waals surface area contributed by atoms with E-state index in [2.05, 4.69) is 4.74 Å². The second-order valence-corrected chi connectivity index (χ2v) is 5.76. The topological polar surface area (TPSA) is 87.2 Å². The van der Waals surface area contributed by atoms with E-state index in [4.69, 9.17) is 5.11 Å². The van der Waals surface area contributed by atoms with Crippen molar-refractivity contribution in [3.63, 3.8) is 0 Å². The molecule has 0 bridgehead atoms. The first kappa shape index (κ1) is 17.3. The molecule has 0 aromatic carbocycles. The van der Waals surface area contributed by atoms with Gasteiger partial charge in [-0.3, -0.25) is 4.79 Å². The van der Waals surface area contributed by atoms with Gasteiger partial charge in [0.2, 0.25) is 0 Å². The fraction of sp³-hybridized carbons (Fsp3) is 0.900. The Balaban J connectivity index is 4.52. The van der Waals surface area contributed by atoms with Crippen LogP contribution in [0.1, 0.15) is 19.8 Å². The Morgan fingerprint density at radius 2 is 1.94 bits per heavy atom. The van der Waals surface area contributed by atoms with Gasteiger partial charge in [-0.1, -0.05) is 6.92 Å². The van der Waals surface area contributed by atoms with E-state index in [1.165, 1.54) is 18.5 Å². The minimum Gasteiger partial charge on any atom is -0.469 e. The van der Waals surface area contributed by atoms with E-state index < -0.39 is 16.2 Å². The third-order valence-corrected chi connectivity index (χ3v) is 4.56. The predicted molar refractivity (Wildman–Crippen MR) is 67.1 cm³/mol. The van der Waals surface area contributed by atoms with Gasteiger partial charge < -0.3 is 9.84 Å². The summed E-state index contributed by atoms with van der Waals surface area (Å²) in [6.07, 6.45) is 0.404. The quantitative estimate of drug-likeness (QED) is 0.572. The number of hydrogen-bond acceptors (Lipinski definition) is 5. The summed E-state index contributed by atoms with van der Waals surface area (Å²) in [6, 6.07) is 0. The number of aliphatic hydroxyl groups excluding tert-OH is 1. The standard InChI is InChI=1S/C10H22N2O5S/c1-4-12(7-5-9-13)18(15,16)11(2)8-6-10(14)17-3/h13H,4-9H2,1-3H3. The molecule has 1 N–H and O–H groups in total. The largest absolute Gasteiger partial charge is 0.469 e. The highest BCUT2D eigenvalue weighted by Crippen LogP contribution is 2.07. The summed E-state index contributed by atoms with van der Waals surface area (Å²) in [5, 5.41) is 8.73. The summed E-state index contributed by atoms with van der Waals surface area (Å²) in [5.74, 6) is -0.449. The zero-order valence-electron chi connectivity index (χ0n) is 11.1. The Kier molecular flexibility index (Phi) is 8.08. The van der Waals surface area contributed by atoms with Gasteiger partial charge in [0.25, 0.3) is 10.2 Å². The first-order valence-electron chi connectivity index (χ1n) is 5.79. The van der Waals surface area contributed by atoms with Gasteiger partial charge in [0, 0.05) is 33.3 Å². The molecule has 0 atom stereocenters. The molecule has 0 aliphatic heterocycles. The van der Waals surface area contributed by atoms with Gasteiger partial charge in [-0.25, -0.2) is 0 Å². The van der Waals surface area contributed by atoms with Crippen molar-refractivity contribution in [3.8, 4) is 0 Å². The van der Waals surface area contributed by atoms with Crippen molar-refractivity contribution in [2.75, 3.05) is 40.4 Å². The lowest BCUT2D eigenvalue weighted by atomic mass is 10.4. The number of aliphatic hydroxyl groups is 1. The molecular formula is C10H22N2O5S. The van der Waals surface area contributed by atoms with Gasteiger partial charge >= 0.3 is 5.97 Å². The molecule has 0 radical (unpaired) electrons. The van der Waals surface area contributed by atoms with E-state index in [-0.39, 0.29) is 26.1 Å². The van der Waals surface area contributed by atoms with Gasteiger partial charge in [-0.2, -0.15) is 17.0 Å². The monoisotopic (exact) mass is 282 g/mol. The molecule has 0 aromatic rings. The summed E-state index contributed by atoms with van der Waals surface area (Å²) in [7, 11) is -0.903. The maximum Gasteiger partial charge on any atom is 0.306 e. The fourth-order valence-electron chi connectivity index (χ4n) is 1.35. The number of nitrogens with zero attached hydrogens (tertiary/aromatic N) is 2. The van der Waals surface area contributed by atoms with Crippen LogP contribution in [0.25, 0.3) is 0 Å².